The SMILES string of the molecule is C[n+]1c2cccc1C(C)(C)c1cccc(n1)-c1cccc(n1)C(C)(C)c1[c-]c-2ccc1.[I][Re]. The number of rotatable bonds is 0. The van der Waals surface area contributed by atoms with Crippen molar-refractivity contribution in [3.05, 3.63) is 102 Å². The van der Waals surface area contributed by atoms with Crippen LogP contribution in [0, 0.1) is 6.07 Å². The third-order valence-electron chi connectivity index (χ3n) is 6.66. The standard InChI is InChI=1S/C28H27N3.HI.Re/c1-27(2)20-11-6-10-19(18-20)23-14-9-17-26(31(23)5)28(3,4)25-16-8-13-22(30-25)21-12-7-15-24(27)29-21;;/h6-17H,1-5H3;1H;/q;;+1/p-1. The van der Waals surface area contributed by atoms with Gasteiger partial charge in [0.05, 0.1) is 22.5 Å². The van der Waals surface area contributed by atoms with Gasteiger partial charge in [0.2, 0.25) is 0 Å². The first-order valence-electron chi connectivity index (χ1n) is 10.9. The van der Waals surface area contributed by atoms with Gasteiger partial charge in [-0.15, -0.1) is 29.8 Å². The summed E-state index contributed by atoms with van der Waals surface area (Å²) in [5.41, 5.74) is 7.82. The summed E-state index contributed by atoms with van der Waals surface area (Å²) in [4.78, 5) is 10.1. The number of hydrogen-bond acceptors (Lipinski definition) is 2. The molecule has 0 saturated heterocycles. The molecule has 0 atom stereocenters. The Kier molecular flexibility index (Phi) is 6.87. The molecule has 0 aliphatic carbocycles. The van der Waals surface area contributed by atoms with Crippen LogP contribution >= 0.6 is 19.5 Å². The van der Waals surface area contributed by atoms with Crippen LogP contribution in [0.1, 0.15) is 50.3 Å². The maximum atomic E-state index is 5.07. The molecule has 0 saturated carbocycles. The Bertz CT molecular complexity index is 1310. The Morgan fingerprint density at radius 2 is 1.27 bits per heavy atom. The van der Waals surface area contributed by atoms with Gasteiger partial charge in [0.15, 0.2) is 5.69 Å². The summed E-state index contributed by atoms with van der Waals surface area (Å²) >= 11 is 3.90. The van der Waals surface area contributed by atoms with E-state index >= 15 is 0 Å². The monoisotopic (exact) mass is 719 g/mol. The molecular formula is C28H27IN3Re. The number of hydrogen-bond donors (Lipinski definition) is 0. The molecule has 3 aromatic heterocycles. The molecule has 0 amide bonds. The first-order valence-corrected chi connectivity index (χ1v) is 18.6. The number of aromatic nitrogens is 3. The number of benzene rings is 1. The normalized spacial score (nSPS) is 15.0. The summed E-state index contributed by atoms with van der Waals surface area (Å²) in [6.45, 7) is 8.89. The average molecular weight is 719 g/mol. The van der Waals surface area contributed by atoms with E-state index < -0.39 is 0 Å². The van der Waals surface area contributed by atoms with Crippen molar-refractivity contribution in [2.24, 2.45) is 7.05 Å². The van der Waals surface area contributed by atoms with Gasteiger partial charge < -0.3 is 0 Å². The summed E-state index contributed by atoms with van der Waals surface area (Å²) in [6.07, 6.45) is 0. The van der Waals surface area contributed by atoms with Crippen LogP contribution < -0.4 is 4.57 Å². The molecule has 4 aromatic rings. The molecule has 33 heavy (non-hydrogen) atoms. The van der Waals surface area contributed by atoms with Crippen LogP contribution in [-0.4, -0.2) is 9.97 Å². The molecule has 1 aliphatic heterocycles. The number of nitrogens with zero attached hydrogens (tertiary/aromatic N) is 3. The van der Waals surface area contributed by atoms with Gasteiger partial charge in [-0.1, -0.05) is 37.6 Å². The molecule has 1 aromatic carbocycles. The molecular weight excluding hydrogens is 691 g/mol. The Morgan fingerprint density at radius 1 is 0.727 bits per heavy atom. The van der Waals surface area contributed by atoms with Gasteiger partial charge >= 0.3 is 35.1 Å². The van der Waals surface area contributed by atoms with Crippen molar-refractivity contribution in [1.82, 2.24) is 9.97 Å². The fourth-order valence-electron chi connectivity index (χ4n) is 4.58. The Balaban J connectivity index is 0.00000126. The average Bonchev–Trinajstić information content (AvgIpc) is 2.85. The molecule has 168 valence electrons. The van der Waals surface area contributed by atoms with E-state index in [1.54, 1.807) is 15.6 Å². The second-order valence-corrected chi connectivity index (χ2v) is 9.40. The van der Waals surface area contributed by atoms with Crippen molar-refractivity contribution in [2.75, 3.05) is 0 Å². The Labute approximate surface area is 218 Å². The topological polar surface area (TPSA) is 29.7 Å². The van der Waals surface area contributed by atoms with E-state index in [1.165, 1.54) is 5.69 Å². The van der Waals surface area contributed by atoms with Gasteiger partial charge in [0, 0.05) is 17.2 Å². The fourth-order valence-corrected chi connectivity index (χ4v) is 4.58. The van der Waals surface area contributed by atoms with Gasteiger partial charge in [-0.05, 0) is 44.2 Å². The van der Waals surface area contributed by atoms with Gasteiger partial charge in [0.1, 0.15) is 12.7 Å². The van der Waals surface area contributed by atoms with Crippen molar-refractivity contribution >= 4 is 19.5 Å². The van der Waals surface area contributed by atoms with Crippen LogP contribution in [0.5, 0.6) is 0 Å². The number of pyridine rings is 3. The summed E-state index contributed by atoms with van der Waals surface area (Å²) in [5.74, 6) is 0. The van der Waals surface area contributed by atoms with Crippen LogP contribution in [0.25, 0.3) is 22.6 Å². The van der Waals surface area contributed by atoms with Crippen LogP contribution in [0.4, 0.5) is 0 Å². The fraction of sp³-hybridized carbons (Fsp3) is 0.250. The van der Waals surface area contributed by atoms with E-state index in [2.05, 4.69) is 126 Å². The third-order valence-corrected chi connectivity index (χ3v) is 6.66. The molecule has 5 rings (SSSR count). The zero-order valence-corrected chi connectivity index (χ0v) is 24.4. The summed E-state index contributed by atoms with van der Waals surface area (Å²) in [7, 11) is 2.14. The van der Waals surface area contributed by atoms with Crippen molar-refractivity contribution < 1.29 is 20.2 Å². The van der Waals surface area contributed by atoms with Crippen molar-refractivity contribution in [3.63, 3.8) is 0 Å². The molecule has 8 bridgehead atoms. The van der Waals surface area contributed by atoms with E-state index in [-0.39, 0.29) is 10.8 Å². The second-order valence-electron chi connectivity index (χ2n) is 9.40. The summed E-state index contributed by atoms with van der Waals surface area (Å²) in [5, 5.41) is 0. The van der Waals surface area contributed by atoms with Crippen LogP contribution in [0.3, 0.4) is 0 Å². The van der Waals surface area contributed by atoms with Crippen LogP contribution in [-0.2, 0) is 33.5 Å². The third kappa shape index (κ3) is 4.32. The molecule has 3 nitrogen and oxygen atoms in total. The van der Waals surface area contributed by atoms with Crippen molar-refractivity contribution in [3.8, 4) is 22.6 Å². The van der Waals surface area contributed by atoms with E-state index in [1.807, 2.05) is 12.1 Å². The minimum atomic E-state index is -0.288. The molecule has 4 heterocycles. The van der Waals surface area contributed by atoms with E-state index in [0.29, 0.717) is 0 Å². The van der Waals surface area contributed by atoms with Gasteiger partial charge in [0.25, 0.3) is 0 Å². The Morgan fingerprint density at radius 3 is 1.91 bits per heavy atom. The minimum absolute atomic E-state index is 0.278. The molecule has 0 spiro atoms. The number of halogens is 1. The molecule has 1 aliphatic rings. The predicted octanol–water partition coefficient (Wildman–Crippen LogP) is 6.28. The Hall–Kier alpha value is -1.94. The van der Waals surface area contributed by atoms with Crippen LogP contribution in [0.15, 0.2) is 72.8 Å². The second kappa shape index (κ2) is 9.37. The quantitative estimate of drug-likeness (QED) is 0.122. The van der Waals surface area contributed by atoms with Crippen LogP contribution in [0.2, 0.25) is 0 Å². The van der Waals surface area contributed by atoms with Crippen molar-refractivity contribution in [1.29, 1.82) is 0 Å². The molecule has 0 fully saturated rings. The van der Waals surface area contributed by atoms with E-state index in [0.717, 1.165) is 39.6 Å². The first-order chi connectivity index (χ1) is 15.8. The molecule has 5 heteroatoms. The van der Waals surface area contributed by atoms with Crippen molar-refractivity contribution in [2.45, 2.75) is 38.5 Å². The zero-order valence-electron chi connectivity index (χ0n) is 19.5. The predicted molar refractivity (Wildman–Crippen MR) is 138 cm³/mol. The zero-order chi connectivity index (χ0) is 23.8. The summed E-state index contributed by atoms with van der Waals surface area (Å²) in [6, 6.07) is 29.1. The number of fused-ring (bicyclic) bond motifs is 10. The van der Waals surface area contributed by atoms with Gasteiger partial charge in [-0.25, -0.2) is 4.57 Å². The van der Waals surface area contributed by atoms with Gasteiger partial charge in [-0.2, -0.15) is 0 Å². The molecule has 0 unspecified atom stereocenters. The molecule has 0 N–H and O–H groups in total. The molecule has 0 radical (unpaired) electrons. The first kappa shape index (κ1) is 24.2. The van der Waals surface area contributed by atoms with E-state index in [4.69, 9.17) is 9.97 Å². The van der Waals surface area contributed by atoms with Gasteiger partial charge in [-0.3, -0.25) is 9.97 Å². The summed E-state index contributed by atoms with van der Waals surface area (Å²) < 4.78 is 2.28. The maximum absolute atomic E-state index is 5.07. The van der Waals surface area contributed by atoms with E-state index in [9.17, 15) is 0 Å².